The van der Waals surface area contributed by atoms with E-state index < -0.39 is 24.1 Å². The number of hydrogen-bond donors (Lipinski definition) is 2. The maximum atomic E-state index is 11.9. The molecule has 2 atom stereocenters. The lowest BCUT2D eigenvalue weighted by atomic mass is 9.91. The van der Waals surface area contributed by atoms with Crippen molar-refractivity contribution in [3.8, 4) is 0 Å². The monoisotopic (exact) mass is 346 g/mol. The zero-order valence-electron chi connectivity index (χ0n) is 12.7. The first-order valence-electron chi connectivity index (χ1n) is 7.21. The van der Waals surface area contributed by atoms with Crippen molar-refractivity contribution in [3.05, 3.63) is 47.0 Å². The fourth-order valence-electron chi connectivity index (χ4n) is 2.72. The summed E-state index contributed by atoms with van der Waals surface area (Å²) in [5.74, 6) is -1.43. The van der Waals surface area contributed by atoms with E-state index in [9.17, 15) is 24.6 Å². The molecule has 24 heavy (non-hydrogen) atoms. The molecule has 124 valence electrons. The summed E-state index contributed by atoms with van der Waals surface area (Å²) in [5, 5.41) is 21.3. The molecular weight excluding hydrogens is 332 g/mol. The predicted octanol–water partition coefficient (Wildman–Crippen LogP) is 1.82. The molecule has 2 unspecified atom stereocenters. The molecule has 1 aliphatic heterocycles. The first-order chi connectivity index (χ1) is 11.4. The highest BCUT2D eigenvalue weighted by Gasteiger charge is 2.30. The number of carbonyl (C=O) groups is 3. The van der Waals surface area contributed by atoms with Gasteiger partial charge in [0.25, 0.3) is 0 Å². The molecule has 1 heterocycles. The Morgan fingerprint density at radius 2 is 1.79 bits per heavy atom. The van der Waals surface area contributed by atoms with Crippen LogP contribution in [0.3, 0.4) is 0 Å². The van der Waals surface area contributed by atoms with Crippen molar-refractivity contribution >= 4 is 39.6 Å². The molecule has 0 fully saturated rings. The van der Waals surface area contributed by atoms with Crippen LogP contribution < -0.4 is 0 Å². The van der Waals surface area contributed by atoms with Crippen molar-refractivity contribution in [2.24, 2.45) is 0 Å². The molecule has 7 heteroatoms. The molecule has 0 spiro atoms. The molecule has 0 amide bonds. The molecule has 0 aliphatic carbocycles. The van der Waals surface area contributed by atoms with Crippen LogP contribution in [0.4, 0.5) is 0 Å². The molecule has 6 nitrogen and oxygen atoms in total. The van der Waals surface area contributed by atoms with Crippen molar-refractivity contribution < 1.29 is 29.3 Å². The average Bonchev–Trinajstić information content (AvgIpc) is 2.56. The maximum absolute atomic E-state index is 11.9. The van der Waals surface area contributed by atoms with Crippen molar-refractivity contribution in [1.82, 2.24) is 0 Å². The van der Waals surface area contributed by atoms with Crippen LogP contribution in [0.15, 0.2) is 30.3 Å². The molecular formula is C17H14O6S. The van der Waals surface area contributed by atoms with Gasteiger partial charge in [0.05, 0.1) is 17.2 Å². The molecule has 2 N–H and O–H groups in total. The third kappa shape index (κ3) is 2.82. The van der Waals surface area contributed by atoms with Crippen LogP contribution in [0.25, 0.3) is 10.8 Å². The van der Waals surface area contributed by atoms with Crippen LogP contribution in [0.1, 0.15) is 39.3 Å². The highest BCUT2D eigenvalue weighted by Crippen LogP contribution is 2.34. The summed E-state index contributed by atoms with van der Waals surface area (Å²) in [7, 11) is 0. The zero-order chi connectivity index (χ0) is 17.4. The second kappa shape index (κ2) is 6.35. The molecule has 0 bridgehead atoms. The molecule has 2 aromatic carbocycles. The van der Waals surface area contributed by atoms with Gasteiger partial charge in [-0.2, -0.15) is 0 Å². The van der Waals surface area contributed by atoms with E-state index in [1.807, 2.05) is 0 Å². The minimum absolute atomic E-state index is 0.0421. The van der Waals surface area contributed by atoms with E-state index in [4.69, 9.17) is 0 Å². The van der Waals surface area contributed by atoms with Crippen LogP contribution in [-0.4, -0.2) is 39.1 Å². The van der Waals surface area contributed by atoms with Gasteiger partial charge in [0.15, 0.2) is 5.12 Å². The number of rotatable bonds is 4. The first kappa shape index (κ1) is 16.6. The highest BCUT2D eigenvalue weighted by atomic mass is 32.2. The van der Waals surface area contributed by atoms with Gasteiger partial charge in [-0.05, 0) is 23.1 Å². The standard InChI is InChI=1S/C17H14O6S/c1-8(18)24-7-13(19)15(20)10-5-6-12-14-9(10)3-2-4-11(14)16(21)23-17(12)22/h2-6,13,15,19-20H,7H2,1H3. The second-order valence-electron chi connectivity index (χ2n) is 5.42. The van der Waals surface area contributed by atoms with Crippen LogP contribution in [-0.2, 0) is 9.53 Å². The summed E-state index contributed by atoms with van der Waals surface area (Å²) in [5.41, 5.74) is 0.863. The van der Waals surface area contributed by atoms with Crippen LogP contribution in [0, 0.1) is 0 Å². The smallest absolute Gasteiger partial charge is 0.346 e. The molecule has 3 rings (SSSR count). The Morgan fingerprint density at radius 1 is 1.12 bits per heavy atom. The molecule has 0 saturated heterocycles. The Kier molecular flexibility index (Phi) is 4.40. The van der Waals surface area contributed by atoms with Gasteiger partial charge < -0.3 is 14.9 Å². The van der Waals surface area contributed by atoms with Gasteiger partial charge in [-0.25, -0.2) is 9.59 Å². The Labute approximate surface area is 141 Å². The summed E-state index contributed by atoms with van der Waals surface area (Å²) in [4.78, 5) is 34.8. The number of aliphatic hydroxyl groups excluding tert-OH is 2. The number of benzene rings is 2. The lowest BCUT2D eigenvalue weighted by molar-refractivity contribution is -0.109. The van der Waals surface area contributed by atoms with Crippen molar-refractivity contribution in [1.29, 1.82) is 0 Å². The third-order valence-corrected chi connectivity index (χ3v) is 4.75. The van der Waals surface area contributed by atoms with Gasteiger partial charge in [0.1, 0.15) is 6.10 Å². The Hall–Kier alpha value is -2.22. The fraction of sp³-hybridized carbons (Fsp3) is 0.235. The van der Waals surface area contributed by atoms with Gasteiger partial charge in [-0.3, -0.25) is 4.79 Å². The maximum Gasteiger partial charge on any atom is 0.346 e. The van der Waals surface area contributed by atoms with Gasteiger partial charge in [0, 0.05) is 18.1 Å². The van der Waals surface area contributed by atoms with E-state index >= 15 is 0 Å². The minimum Gasteiger partial charge on any atom is -0.389 e. The number of hydrogen-bond acceptors (Lipinski definition) is 7. The summed E-state index contributed by atoms with van der Waals surface area (Å²) >= 11 is 0.913. The third-order valence-electron chi connectivity index (χ3n) is 3.84. The van der Waals surface area contributed by atoms with E-state index in [2.05, 4.69) is 4.74 Å². The average molecular weight is 346 g/mol. The Balaban J connectivity index is 2.08. The zero-order valence-corrected chi connectivity index (χ0v) is 13.5. The summed E-state index contributed by atoms with van der Waals surface area (Å²) in [6.45, 7) is 1.38. The second-order valence-corrected chi connectivity index (χ2v) is 6.62. The van der Waals surface area contributed by atoms with E-state index in [-0.39, 0.29) is 22.0 Å². The van der Waals surface area contributed by atoms with E-state index in [1.165, 1.54) is 19.1 Å². The lowest BCUT2D eigenvalue weighted by Crippen LogP contribution is -2.23. The minimum atomic E-state index is -1.26. The predicted molar refractivity (Wildman–Crippen MR) is 87.8 cm³/mol. The summed E-state index contributed by atoms with van der Waals surface area (Å²) < 4.78 is 4.69. The van der Waals surface area contributed by atoms with Gasteiger partial charge in [-0.15, -0.1) is 0 Å². The number of aliphatic hydroxyl groups is 2. The molecule has 0 radical (unpaired) electrons. The largest absolute Gasteiger partial charge is 0.389 e. The van der Waals surface area contributed by atoms with E-state index in [1.54, 1.807) is 18.2 Å². The summed E-state index contributed by atoms with van der Waals surface area (Å²) in [6.07, 6.45) is -2.42. The van der Waals surface area contributed by atoms with Crippen molar-refractivity contribution in [2.45, 2.75) is 19.1 Å². The molecule has 0 aromatic heterocycles. The van der Waals surface area contributed by atoms with Crippen molar-refractivity contribution in [2.75, 3.05) is 5.75 Å². The lowest BCUT2D eigenvalue weighted by Gasteiger charge is -2.22. The van der Waals surface area contributed by atoms with Gasteiger partial charge in [0.2, 0.25) is 0 Å². The van der Waals surface area contributed by atoms with Crippen LogP contribution in [0.2, 0.25) is 0 Å². The normalized spacial score (nSPS) is 16.0. The van der Waals surface area contributed by atoms with Crippen LogP contribution >= 0.6 is 11.8 Å². The topological polar surface area (TPSA) is 101 Å². The molecule has 2 aromatic rings. The van der Waals surface area contributed by atoms with E-state index in [0.29, 0.717) is 16.3 Å². The Morgan fingerprint density at radius 3 is 2.46 bits per heavy atom. The van der Waals surface area contributed by atoms with Gasteiger partial charge in [-0.1, -0.05) is 30.0 Å². The highest BCUT2D eigenvalue weighted by molar-refractivity contribution is 8.13. The summed E-state index contributed by atoms with van der Waals surface area (Å²) in [6, 6.07) is 7.80. The number of ether oxygens (including phenoxy) is 1. The number of esters is 2. The fourth-order valence-corrected chi connectivity index (χ4v) is 3.31. The van der Waals surface area contributed by atoms with Crippen molar-refractivity contribution in [3.63, 3.8) is 0 Å². The number of thioether (sulfide) groups is 1. The number of cyclic esters (lactones) is 2. The molecule has 0 saturated carbocycles. The molecule has 1 aliphatic rings. The van der Waals surface area contributed by atoms with E-state index in [0.717, 1.165) is 11.8 Å². The SMILES string of the molecule is CC(=O)SCC(O)C(O)c1ccc2c3c(cccc13)C(=O)OC2=O. The van der Waals surface area contributed by atoms with Crippen LogP contribution in [0.5, 0.6) is 0 Å². The Bertz CT molecular complexity index is 839. The van der Waals surface area contributed by atoms with Gasteiger partial charge >= 0.3 is 11.9 Å². The quantitative estimate of drug-likeness (QED) is 0.643. The number of carbonyl (C=O) groups excluding carboxylic acids is 3. The first-order valence-corrected chi connectivity index (χ1v) is 8.20.